The van der Waals surface area contributed by atoms with Gasteiger partial charge >= 0.3 is 0 Å². The molecule has 0 unspecified atom stereocenters. The molecule has 2 rings (SSSR count). The highest BCUT2D eigenvalue weighted by molar-refractivity contribution is 14.1. The average Bonchev–Trinajstić information content (AvgIpc) is 2.91. The fourth-order valence-electron chi connectivity index (χ4n) is 1.69. The van der Waals surface area contributed by atoms with Crippen molar-refractivity contribution in [3.63, 3.8) is 0 Å². The smallest absolute Gasteiger partial charge is 0.243 e. The molecular weight excluding hydrogens is 393 g/mol. The topological polar surface area (TPSA) is 59.8 Å². The van der Waals surface area contributed by atoms with Gasteiger partial charge < -0.3 is 9.15 Å². The van der Waals surface area contributed by atoms with Crippen molar-refractivity contribution < 1.29 is 17.6 Å². The van der Waals surface area contributed by atoms with E-state index in [-0.39, 0.29) is 11.4 Å². The van der Waals surface area contributed by atoms with Crippen LogP contribution in [0.4, 0.5) is 0 Å². The van der Waals surface area contributed by atoms with Gasteiger partial charge in [-0.2, -0.15) is 4.31 Å². The van der Waals surface area contributed by atoms with E-state index in [0.29, 0.717) is 11.5 Å². The molecule has 0 radical (unpaired) electrons. The summed E-state index contributed by atoms with van der Waals surface area (Å²) in [5.41, 5.74) is 0. The van der Waals surface area contributed by atoms with Gasteiger partial charge in [0.2, 0.25) is 10.0 Å². The van der Waals surface area contributed by atoms with Crippen LogP contribution in [0.25, 0.3) is 0 Å². The van der Waals surface area contributed by atoms with E-state index in [9.17, 15) is 8.42 Å². The van der Waals surface area contributed by atoms with Gasteiger partial charge in [0, 0.05) is 7.05 Å². The number of furan rings is 1. The van der Waals surface area contributed by atoms with Crippen LogP contribution in [0.1, 0.15) is 5.76 Å². The van der Waals surface area contributed by atoms with Gasteiger partial charge in [-0.15, -0.1) is 0 Å². The zero-order chi connectivity index (χ0) is 14.8. The van der Waals surface area contributed by atoms with Gasteiger partial charge in [-0.1, -0.05) is 0 Å². The van der Waals surface area contributed by atoms with Crippen molar-refractivity contribution in [1.29, 1.82) is 0 Å². The van der Waals surface area contributed by atoms with Crippen LogP contribution in [0.15, 0.2) is 45.9 Å². The molecule has 0 saturated carbocycles. The molecule has 1 heterocycles. The largest absolute Gasteiger partial charge is 0.496 e. The second-order valence-corrected chi connectivity index (χ2v) is 7.34. The summed E-state index contributed by atoms with van der Waals surface area (Å²) in [4.78, 5) is 0.233. The molecule has 0 N–H and O–H groups in total. The standard InChI is InChI=1S/C13H14INO4S/c1-15(9-10-4-3-7-19-10)20(16,17)11-5-6-13(18-2)12(14)8-11/h3-8H,9H2,1-2H3. The van der Waals surface area contributed by atoms with Crippen LogP contribution in [0.3, 0.4) is 0 Å². The third kappa shape index (κ3) is 3.15. The van der Waals surface area contributed by atoms with Crippen LogP contribution in [0, 0.1) is 3.57 Å². The maximum atomic E-state index is 12.5. The predicted molar refractivity (Wildman–Crippen MR) is 83.1 cm³/mol. The average molecular weight is 407 g/mol. The molecule has 0 spiro atoms. The molecule has 0 amide bonds. The SMILES string of the molecule is COc1ccc(S(=O)(=O)N(C)Cc2ccco2)cc1I. The van der Waals surface area contributed by atoms with Crippen LogP contribution in [-0.2, 0) is 16.6 Å². The molecule has 0 aliphatic heterocycles. The Hall–Kier alpha value is -1.06. The van der Waals surface area contributed by atoms with Gasteiger partial charge in [0.05, 0.1) is 28.4 Å². The first-order valence-corrected chi connectivity index (χ1v) is 8.29. The molecule has 0 atom stereocenters. The number of rotatable bonds is 5. The molecule has 7 heteroatoms. The van der Waals surface area contributed by atoms with Crippen LogP contribution in [-0.4, -0.2) is 26.9 Å². The van der Waals surface area contributed by atoms with Crippen LogP contribution < -0.4 is 4.74 Å². The molecule has 2 aromatic rings. The maximum absolute atomic E-state index is 12.5. The van der Waals surface area contributed by atoms with Crippen molar-refractivity contribution in [3.05, 3.63) is 45.9 Å². The van der Waals surface area contributed by atoms with Crippen LogP contribution >= 0.6 is 22.6 Å². The number of methoxy groups -OCH3 is 1. The summed E-state index contributed by atoms with van der Waals surface area (Å²) < 4.78 is 37.2. The second kappa shape index (κ2) is 6.15. The summed E-state index contributed by atoms with van der Waals surface area (Å²) in [6.07, 6.45) is 1.52. The summed E-state index contributed by atoms with van der Waals surface area (Å²) in [7, 11) is -0.477. The normalized spacial score (nSPS) is 11.8. The maximum Gasteiger partial charge on any atom is 0.243 e. The number of halogens is 1. The quantitative estimate of drug-likeness (QED) is 0.716. The van der Waals surface area contributed by atoms with E-state index in [1.54, 1.807) is 31.4 Å². The minimum absolute atomic E-state index is 0.192. The van der Waals surface area contributed by atoms with Gasteiger partial charge in [0.1, 0.15) is 11.5 Å². The molecule has 1 aromatic heterocycles. The second-order valence-electron chi connectivity index (χ2n) is 4.14. The summed E-state index contributed by atoms with van der Waals surface area (Å²) in [5, 5.41) is 0. The molecule has 5 nitrogen and oxygen atoms in total. The number of sulfonamides is 1. The lowest BCUT2D eigenvalue weighted by Gasteiger charge is -2.16. The van der Waals surface area contributed by atoms with Gasteiger partial charge in [-0.3, -0.25) is 0 Å². The van der Waals surface area contributed by atoms with Gasteiger partial charge in [0.25, 0.3) is 0 Å². The fourth-order valence-corrected chi connectivity index (χ4v) is 3.81. The summed E-state index contributed by atoms with van der Waals surface area (Å²) in [5.74, 6) is 1.25. The van der Waals surface area contributed by atoms with Gasteiger partial charge in [0.15, 0.2) is 0 Å². The van der Waals surface area contributed by atoms with Crippen molar-refractivity contribution >= 4 is 32.6 Å². The Morgan fingerprint density at radius 3 is 2.65 bits per heavy atom. The number of hydrogen-bond donors (Lipinski definition) is 0. The zero-order valence-corrected chi connectivity index (χ0v) is 14.0. The lowest BCUT2D eigenvalue weighted by atomic mass is 10.3. The van der Waals surface area contributed by atoms with Crippen molar-refractivity contribution in [2.75, 3.05) is 14.2 Å². The Bertz CT molecular complexity index is 682. The van der Waals surface area contributed by atoms with Crippen molar-refractivity contribution in [3.8, 4) is 5.75 Å². The molecule has 108 valence electrons. The van der Waals surface area contributed by atoms with Crippen molar-refractivity contribution in [1.82, 2.24) is 4.31 Å². The van der Waals surface area contributed by atoms with Crippen LogP contribution in [0.2, 0.25) is 0 Å². The molecule has 1 aromatic carbocycles. The first kappa shape index (κ1) is 15.3. The highest BCUT2D eigenvalue weighted by Gasteiger charge is 2.22. The Labute approximate surface area is 131 Å². The van der Waals surface area contributed by atoms with Crippen molar-refractivity contribution in [2.24, 2.45) is 0 Å². The molecule has 0 aliphatic carbocycles. The highest BCUT2D eigenvalue weighted by atomic mass is 127. The minimum atomic E-state index is -3.55. The first-order chi connectivity index (χ1) is 9.45. The monoisotopic (exact) mass is 407 g/mol. The Kier molecular flexibility index (Phi) is 4.71. The lowest BCUT2D eigenvalue weighted by Crippen LogP contribution is -2.26. The van der Waals surface area contributed by atoms with Crippen molar-refractivity contribution in [2.45, 2.75) is 11.4 Å². The molecule has 0 saturated heterocycles. The van der Waals surface area contributed by atoms with E-state index in [0.717, 1.165) is 3.57 Å². The zero-order valence-electron chi connectivity index (χ0n) is 11.0. The molecule has 0 aliphatic rings. The minimum Gasteiger partial charge on any atom is -0.496 e. The third-order valence-electron chi connectivity index (χ3n) is 2.79. The predicted octanol–water partition coefficient (Wildman–Crippen LogP) is 2.71. The number of ether oxygens (including phenoxy) is 1. The highest BCUT2D eigenvalue weighted by Crippen LogP contribution is 2.25. The van der Waals surface area contributed by atoms with E-state index in [1.165, 1.54) is 23.7 Å². The summed E-state index contributed by atoms with van der Waals surface area (Å²) >= 11 is 2.05. The van der Waals surface area contributed by atoms with E-state index in [1.807, 2.05) is 22.6 Å². The van der Waals surface area contributed by atoms with Crippen LogP contribution in [0.5, 0.6) is 5.75 Å². The molecule has 20 heavy (non-hydrogen) atoms. The summed E-state index contributed by atoms with van der Waals surface area (Å²) in [6, 6.07) is 8.24. The summed E-state index contributed by atoms with van der Waals surface area (Å²) in [6.45, 7) is 0.192. The lowest BCUT2D eigenvalue weighted by molar-refractivity contribution is 0.404. The van der Waals surface area contributed by atoms with Gasteiger partial charge in [-0.25, -0.2) is 8.42 Å². The fraction of sp³-hybridized carbons (Fsp3) is 0.231. The first-order valence-electron chi connectivity index (χ1n) is 5.77. The van der Waals surface area contributed by atoms with E-state index < -0.39 is 10.0 Å². The Balaban J connectivity index is 2.27. The Morgan fingerprint density at radius 2 is 2.10 bits per heavy atom. The number of hydrogen-bond acceptors (Lipinski definition) is 4. The molecule has 0 fully saturated rings. The van der Waals surface area contributed by atoms with E-state index in [4.69, 9.17) is 9.15 Å². The van der Waals surface area contributed by atoms with Gasteiger partial charge in [-0.05, 0) is 52.9 Å². The molecular formula is C13H14INO4S. The molecule has 0 bridgehead atoms. The third-order valence-corrected chi connectivity index (χ3v) is 5.43. The van der Waals surface area contributed by atoms with E-state index >= 15 is 0 Å². The number of benzene rings is 1. The number of nitrogens with zero attached hydrogens (tertiary/aromatic N) is 1. The Morgan fingerprint density at radius 1 is 1.35 bits per heavy atom. The van der Waals surface area contributed by atoms with E-state index in [2.05, 4.69) is 0 Å².